The van der Waals surface area contributed by atoms with E-state index in [1.165, 1.54) is 0 Å². The first-order chi connectivity index (χ1) is 16.3. The Hall–Kier alpha value is -4.32. The molecule has 3 heterocycles. The third kappa shape index (κ3) is 3.55. The third-order valence-electron chi connectivity index (χ3n) is 5.89. The molecule has 0 spiro atoms. The number of ether oxygens (including phenoxy) is 2. The zero-order chi connectivity index (χ0) is 22.2. The van der Waals surface area contributed by atoms with E-state index in [1.54, 1.807) is 30.5 Å². The van der Waals surface area contributed by atoms with Crippen LogP contribution < -0.4 is 9.47 Å². The summed E-state index contributed by atoms with van der Waals surface area (Å²) in [5, 5.41) is 6.86. The van der Waals surface area contributed by atoms with Gasteiger partial charge in [-0.05, 0) is 54.6 Å². The van der Waals surface area contributed by atoms with E-state index in [4.69, 9.17) is 19.0 Å². The molecule has 4 aromatic rings. The van der Waals surface area contributed by atoms with Crippen LogP contribution in [0, 0.1) is 0 Å². The fourth-order valence-corrected chi connectivity index (χ4v) is 4.29. The van der Waals surface area contributed by atoms with E-state index in [1.807, 2.05) is 65.7 Å². The van der Waals surface area contributed by atoms with Gasteiger partial charge in [0.05, 0.1) is 17.9 Å². The predicted molar refractivity (Wildman–Crippen MR) is 122 cm³/mol. The number of fused-ring (bicyclic) bond motifs is 3. The first kappa shape index (κ1) is 19.4. The van der Waals surface area contributed by atoms with Gasteiger partial charge in [-0.3, -0.25) is 0 Å². The lowest BCUT2D eigenvalue weighted by Crippen LogP contribution is -2.33. The van der Waals surface area contributed by atoms with Gasteiger partial charge in [0.15, 0.2) is 0 Å². The molecular formula is C27H20N2O4. The number of hydrogen-bond acceptors (Lipinski definition) is 6. The number of benzene rings is 3. The quantitative estimate of drug-likeness (QED) is 0.301. The number of esters is 1. The molecule has 0 saturated carbocycles. The average molecular weight is 436 g/mol. The number of hydrazone groups is 1. The number of nitrogens with zero attached hydrogens (tertiary/aromatic N) is 2. The van der Waals surface area contributed by atoms with Crippen LogP contribution in [0.25, 0.3) is 0 Å². The zero-order valence-corrected chi connectivity index (χ0v) is 17.6. The zero-order valence-electron chi connectivity index (χ0n) is 17.6. The van der Waals surface area contributed by atoms with Crippen molar-refractivity contribution in [2.75, 3.05) is 0 Å². The summed E-state index contributed by atoms with van der Waals surface area (Å²) in [7, 11) is 0. The van der Waals surface area contributed by atoms with Gasteiger partial charge in [0, 0.05) is 17.5 Å². The summed E-state index contributed by atoms with van der Waals surface area (Å²) in [6.45, 7) is 0. The molecule has 6 heteroatoms. The van der Waals surface area contributed by atoms with Gasteiger partial charge in [-0.25, -0.2) is 9.80 Å². The number of para-hydroxylation sites is 1. The van der Waals surface area contributed by atoms with Crippen LogP contribution in [-0.2, 0) is 0 Å². The summed E-state index contributed by atoms with van der Waals surface area (Å²) in [4.78, 5) is 12.4. The fraction of sp³-hybridized carbons (Fsp3) is 0.111. The molecule has 0 saturated heterocycles. The normalized spacial score (nSPS) is 18.7. The lowest BCUT2D eigenvalue weighted by Gasteiger charge is -2.38. The van der Waals surface area contributed by atoms with Crippen molar-refractivity contribution in [2.45, 2.75) is 18.7 Å². The average Bonchev–Trinajstić information content (AvgIpc) is 3.55. The van der Waals surface area contributed by atoms with Crippen LogP contribution in [0.2, 0.25) is 0 Å². The van der Waals surface area contributed by atoms with Crippen molar-refractivity contribution >= 4 is 11.7 Å². The molecular weight excluding hydrogens is 416 g/mol. The van der Waals surface area contributed by atoms with E-state index in [0.29, 0.717) is 11.3 Å². The van der Waals surface area contributed by atoms with Crippen LogP contribution in [0.4, 0.5) is 0 Å². The maximum Gasteiger partial charge on any atom is 0.343 e. The van der Waals surface area contributed by atoms with E-state index in [-0.39, 0.29) is 6.04 Å². The van der Waals surface area contributed by atoms with Gasteiger partial charge in [-0.2, -0.15) is 5.10 Å². The van der Waals surface area contributed by atoms with Gasteiger partial charge in [-0.15, -0.1) is 0 Å². The molecule has 0 radical (unpaired) electrons. The molecule has 0 aliphatic carbocycles. The summed E-state index contributed by atoms with van der Waals surface area (Å²) < 4.78 is 17.5. The van der Waals surface area contributed by atoms with Crippen molar-refractivity contribution in [3.05, 3.63) is 120 Å². The summed E-state index contributed by atoms with van der Waals surface area (Å²) in [6.07, 6.45) is 1.99. The van der Waals surface area contributed by atoms with Gasteiger partial charge in [0.25, 0.3) is 0 Å². The first-order valence-electron chi connectivity index (χ1n) is 10.8. The van der Waals surface area contributed by atoms with E-state index >= 15 is 0 Å². The summed E-state index contributed by atoms with van der Waals surface area (Å²) in [6, 6.07) is 28.2. The van der Waals surface area contributed by atoms with Crippen molar-refractivity contribution in [3.8, 4) is 11.5 Å². The molecule has 3 aromatic carbocycles. The minimum absolute atomic E-state index is 0.0515. The van der Waals surface area contributed by atoms with Crippen molar-refractivity contribution in [1.82, 2.24) is 5.01 Å². The van der Waals surface area contributed by atoms with Crippen LogP contribution in [0.5, 0.6) is 11.5 Å². The van der Waals surface area contributed by atoms with Crippen LogP contribution >= 0.6 is 0 Å². The first-order valence-corrected chi connectivity index (χ1v) is 10.8. The van der Waals surface area contributed by atoms with Crippen LogP contribution in [0.15, 0.2) is 107 Å². The minimum atomic E-state index is -0.406. The Morgan fingerprint density at radius 3 is 2.48 bits per heavy atom. The molecule has 2 aliphatic heterocycles. The van der Waals surface area contributed by atoms with Gasteiger partial charge >= 0.3 is 5.97 Å². The fourth-order valence-electron chi connectivity index (χ4n) is 4.29. The number of furan rings is 1. The molecule has 2 atom stereocenters. The Morgan fingerprint density at radius 2 is 1.70 bits per heavy atom. The highest BCUT2D eigenvalue weighted by atomic mass is 16.5. The standard InChI is InChI=1S/C27H20N2O4/c30-27(19-7-2-1-3-8-19)32-20-14-12-18(13-15-20)26-29-23(21-9-4-5-10-24(21)33-26)17-22(28-29)25-11-6-16-31-25/h1-16,23,26H,17H2/t23-,26-/m0/s1. The maximum atomic E-state index is 12.4. The number of carbonyl (C=O) groups is 1. The third-order valence-corrected chi connectivity index (χ3v) is 5.89. The Balaban J connectivity index is 1.29. The predicted octanol–water partition coefficient (Wildman–Crippen LogP) is 5.74. The van der Waals surface area contributed by atoms with Crippen LogP contribution in [-0.4, -0.2) is 16.7 Å². The number of carbonyl (C=O) groups excluding carboxylic acids is 1. The van der Waals surface area contributed by atoms with Gasteiger partial charge in [0.2, 0.25) is 6.23 Å². The molecule has 162 valence electrons. The monoisotopic (exact) mass is 436 g/mol. The van der Waals surface area contributed by atoms with E-state index in [0.717, 1.165) is 34.8 Å². The highest BCUT2D eigenvalue weighted by Crippen LogP contribution is 2.47. The highest BCUT2D eigenvalue weighted by molar-refractivity contribution is 5.99. The molecule has 6 nitrogen and oxygen atoms in total. The molecule has 0 unspecified atom stereocenters. The topological polar surface area (TPSA) is 64.3 Å². The Morgan fingerprint density at radius 1 is 0.909 bits per heavy atom. The second-order valence-electron chi connectivity index (χ2n) is 7.96. The summed E-state index contributed by atoms with van der Waals surface area (Å²) in [5.41, 5.74) is 3.42. The molecule has 0 N–H and O–H groups in total. The second-order valence-corrected chi connectivity index (χ2v) is 7.96. The van der Waals surface area contributed by atoms with Crippen molar-refractivity contribution in [1.29, 1.82) is 0 Å². The number of rotatable bonds is 4. The van der Waals surface area contributed by atoms with E-state index in [9.17, 15) is 4.79 Å². The maximum absolute atomic E-state index is 12.4. The molecule has 33 heavy (non-hydrogen) atoms. The van der Waals surface area contributed by atoms with Crippen LogP contribution in [0.3, 0.4) is 0 Å². The van der Waals surface area contributed by atoms with E-state index in [2.05, 4.69) is 6.07 Å². The minimum Gasteiger partial charge on any atom is -0.464 e. The molecule has 1 aromatic heterocycles. The molecule has 2 aliphatic rings. The van der Waals surface area contributed by atoms with Crippen molar-refractivity contribution < 1.29 is 18.7 Å². The molecule has 6 rings (SSSR count). The lowest BCUT2D eigenvalue weighted by molar-refractivity contribution is -0.0190. The van der Waals surface area contributed by atoms with Crippen molar-refractivity contribution in [2.24, 2.45) is 5.10 Å². The Labute approximate surface area is 190 Å². The van der Waals surface area contributed by atoms with Gasteiger partial charge < -0.3 is 13.9 Å². The molecule has 0 amide bonds. The van der Waals surface area contributed by atoms with E-state index < -0.39 is 12.2 Å². The summed E-state index contributed by atoms with van der Waals surface area (Å²) in [5.74, 6) is 1.70. The summed E-state index contributed by atoms with van der Waals surface area (Å²) >= 11 is 0. The molecule has 0 fully saturated rings. The van der Waals surface area contributed by atoms with Crippen molar-refractivity contribution in [3.63, 3.8) is 0 Å². The highest BCUT2D eigenvalue weighted by Gasteiger charge is 2.41. The lowest BCUT2D eigenvalue weighted by atomic mass is 9.97. The van der Waals surface area contributed by atoms with Gasteiger partial charge in [0.1, 0.15) is 23.0 Å². The SMILES string of the molecule is O=C(Oc1ccc([C@@H]2Oc3ccccc3[C@@H]3CC(c4ccco4)=NN32)cc1)c1ccccc1. The Kier molecular flexibility index (Phi) is 4.69. The number of hydrogen-bond donors (Lipinski definition) is 0. The largest absolute Gasteiger partial charge is 0.464 e. The van der Waals surface area contributed by atoms with Crippen LogP contribution in [0.1, 0.15) is 45.9 Å². The second kappa shape index (κ2) is 7.98. The smallest absolute Gasteiger partial charge is 0.343 e. The van der Waals surface area contributed by atoms with Gasteiger partial charge in [-0.1, -0.05) is 36.4 Å². The Bertz CT molecular complexity index is 1310. The molecule has 0 bridgehead atoms.